The van der Waals surface area contributed by atoms with Crippen LogP contribution in [0.1, 0.15) is 16.7 Å². The van der Waals surface area contributed by atoms with E-state index in [0.717, 1.165) is 33.4 Å². The molecule has 3 nitrogen and oxygen atoms in total. The van der Waals surface area contributed by atoms with Crippen LogP contribution in [0.15, 0.2) is 83.9 Å². The fourth-order valence-corrected chi connectivity index (χ4v) is 4.03. The van der Waals surface area contributed by atoms with E-state index in [4.69, 9.17) is 0 Å². The van der Waals surface area contributed by atoms with Gasteiger partial charge in [-0.15, -0.1) is 0 Å². The van der Waals surface area contributed by atoms with E-state index in [2.05, 4.69) is 16.9 Å². The third-order valence-corrected chi connectivity index (χ3v) is 5.74. The predicted octanol–water partition coefficient (Wildman–Crippen LogP) is 4.34. The second kappa shape index (κ2) is 5.90. The van der Waals surface area contributed by atoms with Gasteiger partial charge in [-0.2, -0.15) is 0 Å². The van der Waals surface area contributed by atoms with Crippen molar-refractivity contribution < 1.29 is 8.42 Å². The molecule has 124 valence electrons. The molecular weight excluding hydrogens is 330 g/mol. The summed E-state index contributed by atoms with van der Waals surface area (Å²) < 4.78 is 27.8. The van der Waals surface area contributed by atoms with Crippen LogP contribution in [0.5, 0.6) is 0 Å². The Kier molecular flexibility index (Phi) is 3.70. The van der Waals surface area contributed by atoms with Gasteiger partial charge in [0.25, 0.3) is 10.0 Å². The third kappa shape index (κ3) is 2.75. The van der Waals surface area contributed by atoms with Gasteiger partial charge >= 0.3 is 0 Å². The summed E-state index contributed by atoms with van der Waals surface area (Å²) in [5.74, 6) is 0. The fourth-order valence-electron chi connectivity index (χ4n) is 3.13. The maximum Gasteiger partial charge on any atom is 0.261 e. The van der Waals surface area contributed by atoms with E-state index in [1.165, 1.54) is 0 Å². The Bertz CT molecular complexity index is 1030. The van der Waals surface area contributed by atoms with E-state index in [9.17, 15) is 8.42 Å². The molecule has 0 unspecified atom stereocenters. The van der Waals surface area contributed by atoms with Crippen LogP contribution in [0.2, 0.25) is 0 Å². The van der Waals surface area contributed by atoms with Crippen molar-refractivity contribution in [2.75, 3.05) is 0 Å². The van der Waals surface area contributed by atoms with Gasteiger partial charge in [-0.05, 0) is 41.3 Å². The van der Waals surface area contributed by atoms with E-state index in [1.54, 1.807) is 30.5 Å². The molecule has 0 bridgehead atoms. The van der Waals surface area contributed by atoms with Crippen molar-refractivity contribution in [3.05, 3.63) is 95.7 Å². The molecule has 0 fully saturated rings. The van der Waals surface area contributed by atoms with Crippen LogP contribution in [-0.4, -0.2) is 8.42 Å². The summed E-state index contributed by atoms with van der Waals surface area (Å²) in [5.41, 5.74) is 6.24. The molecule has 1 aliphatic carbocycles. The number of nitrogens with one attached hydrogen (secondary N) is 1. The lowest BCUT2D eigenvalue weighted by Crippen LogP contribution is -2.18. The van der Waals surface area contributed by atoms with Crippen molar-refractivity contribution in [3.63, 3.8) is 0 Å². The first-order valence-corrected chi connectivity index (χ1v) is 9.53. The number of hydrogen-bond acceptors (Lipinski definition) is 2. The highest BCUT2D eigenvalue weighted by Gasteiger charge is 2.23. The van der Waals surface area contributed by atoms with Gasteiger partial charge < -0.3 is 0 Å². The Hall–Kier alpha value is -2.85. The molecule has 0 saturated heterocycles. The topological polar surface area (TPSA) is 46.2 Å². The molecule has 0 radical (unpaired) electrons. The zero-order valence-electron chi connectivity index (χ0n) is 13.7. The van der Waals surface area contributed by atoms with Crippen molar-refractivity contribution >= 4 is 15.6 Å². The zero-order chi connectivity index (χ0) is 17.4. The van der Waals surface area contributed by atoms with Crippen LogP contribution in [0, 0.1) is 6.92 Å². The minimum atomic E-state index is -3.60. The number of hydrogen-bond donors (Lipinski definition) is 1. The summed E-state index contributed by atoms with van der Waals surface area (Å²) >= 11 is 0. The lowest BCUT2D eigenvalue weighted by Gasteiger charge is -2.07. The van der Waals surface area contributed by atoms with Gasteiger partial charge in [0.15, 0.2) is 0 Å². The minimum absolute atomic E-state index is 0.259. The Morgan fingerprint density at radius 1 is 0.720 bits per heavy atom. The molecule has 3 aromatic carbocycles. The van der Waals surface area contributed by atoms with Gasteiger partial charge in [-0.1, -0.05) is 66.2 Å². The average Bonchev–Trinajstić information content (AvgIpc) is 2.94. The molecule has 0 aliphatic heterocycles. The molecule has 3 aromatic rings. The second-order valence-corrected chi connectivity index (χ2v) is 7.80. The van der Waals surface area contributed by atoms with Gasteiger partial charge in [0.2, 0.25) is 0 Å². The van der Waals surface area contributed by atoms with Crippen molar-refractivity contribution in [3.8, 4) is 11.1 Å². The maximum atomic E-state index is 12.6. The number of fused-ring (bicyclic) bond motifs is 3. The minimum Gasteiger partial charge on any atom is -0.286 e. The Balaban J connectivity index is 1.76. The summed E-state index contributed by atoms with van der Waals surface area (Å²) in [7, 11) is -3.60. The number of benzene rings is 3. The zero-order valence-corrected chi connectivity index (χ0v) is 14.5. The van der Waals surface area contributed by atoms with Gasteiger partial charge in [0.05, 0.1) is 4.90 Å². The Morgan fingerprint density at radius 2 is 1.20 bits per heavy atom. The van der Waals surface area contributed by atoms with Crippen LogP contribution in [-0.2, 0) is 10.0 Å². The van der Waals surface area contributed by atoms with E-state index in [1.807, 2.05) is 43.3 Å². The molecular formula is C21H17NO2S. The van der Waals surface area contributed by atoms with E-state index < -0.39 is 10.0 Å². The largest absolute Gasteiger partial charge is 0.286 e. The van der Waals surface area contributed by atoms with Gasteiger partial charge in [-0.25, -0.2) is 8.42 Å². The van der Waals surface area contributed by atoms with Crippen LogP contribution in [0.4, 0.5) is 0 Å². The molecule has 1 N–H and O–H groups in total. The summed E-state index contributed by atoms with van der Waals surface area (Å²) in [6.07, 6.45) is 1.60. The molecule has 4 heteroatoms. The van der Waals surface area contributed by atoms with E-state index in [0.29, 0.717) is 0 Å². The second-order valence-electron chi connectivity index (χ2n) is 6.08. The molecule has 0 amide bonds. The van der Waals surface area contributed by atoms with Gasteiger partial charge in [0.1, 0.15) is 0 Å². The highest BCUT2D eigenvalue weighted by molar-refractivity contribution is 7.89. The normalized spacial score (nSPS) is 12.4. The lowest BCUT2D eigenvalue weighted by atomic mass is 10.1. The van der Waals surface area contributed by atoms with E-state index in [-0.39, 0.29) is 4.90 Å². The molecule has 25 heavy (non-hydrogen) atoms. The van der Waals surface area contributed by atoms with Crippen LogP contribution in [0.25, 0.3) is 16.7 Å². The molecule has 1 aliphatic rings. The van der Waals surface area contributed by atoms with E-state index >= 15 is 0 Å². The first-order chi connectivity index (χ1) is 12.1. The van der Waals surface area contributed by atoms with Gasteiger partial charge in [0, 0.05) is 11.8 Å². The first-order valence-electron chi connectivity index (χ1n) is 8.04. The van der Waals surface area contributed by atoms with Gasteiger partial charge in [-0.3, -0.25) is 4.72 Å². The third-order valence-electron chi connectivity index (χ3n) is 4.41. The fraction of sp³-hybridized carbons (Fsp3) is 0.0476. The highest BCUT2D eigenvalue weighted by atomic mass is 32.2. The molecule has 0 saturated carbocycles. The van der Waals surface area contributed by atoms with Crippen molar-refractivity contribution in [2.45, 2.75) is 11.8 Å². The van der Waals surface area contributed by atoms with Crippen molar-refractivity contribution in [1.29, 1.82) is 0 Å². The van der Waals surface area contributed by atoms with Crippen molar-refractivity contribution in [2.24, 2.45) is 0 Å². The Morgan fingerprint density at radius 3 is 1.72 bits per heavy atom. The monoisotopic (exact) mass is 347 g/mol. The number of sulfonamides is 1. The summed E-state index contributed by atoms with van der Waals surface area (Å²) in [6.45, 7) is 1.93. The Labute approximate surface area is 147 Å². The van der Waals surface area contributed by atoms with Crippen LogP contribution < -0.4 is 4.72 Å². The maximum absolute atomic E-state index is 12.6. The van der Waals surface area contributed by atoms with Crippen LogP contribution >= 0.6 is 0 Å². The molecule has 0 atom stereocenters. The summed E-state index contributed by atoms with van der Waals surface area (Å²) in [5, 5.41) is 0. The lowest BCUT2D eigenvalue weighted by molar-refractivity contribution is 0.590. The molecule has 4 rings (SSSR count). The smallest absolute Gasteiger partial charge is 0.261 e. The highest BCUT2D eigenvalue weighted by Crippen LogP contribution is 2.43. The standard InChI is InChI=1S/C21H17NO2S/c1-15-10-12-16(13-11-15)25(23,24)22-14-21-19-8-4-2-6-17(19)18-7-3-5-9-20(18)21/h2-14,22H,1H3. The number of aryl methyl sites for hydroxylation is 1. The first kappa shape index (κ1) is 15.7. The number of rotatable bonds is 3. The van der Waals surface area contributed by atoms with Crippen molar-refractivity contribution in [1.82, 2.24) is 4.72 Å². The predicted molar refractivity (Wildman–Crippen MR) is 100 cm³/mol. The molecule has 0 heterocycles. The molecule has 0 aromatic heterocycles. The molecule has 0 spiro atoms. The SMILES string of the molecule is Cc1ccc(S(=O)(=O)NC=C2c3ccccc3-c3ccccc32)cc1. The van der Waals surface area contributed by atoms with Crippen LogP contribution in [0.3, 0.4) is 0 Å². The summed E-state index contributed by atoms with van der Waals surface area (Å²) in [6, 6.07) is 22.9. The quantitative estimate of drug-likeness (QED) is 0.599. The summed E-state index contributed by atoms with van der Waals surface area (Å²) in [4.78, 5) is 0.259. The average molecular weight is 347 g/mol.